The molecule has 0 saturated carbocycles. The molecular weight excluding hydrogens is 287 g/mol. The van der Waals surface area contributed by atoms with E-state index in [2.05, 4.69) is 5.16 Å². The Hall–Kier alpha value is -1.72. The predicted octanol–water partition coefficient (Wildman–Crippen LogP) is 3.72. The summed E-state index contributed by atoms with van der Waals surface area (Å²) in [6, 6.07) is 11.4. The normalized spacial score (nSPS) is 11.6. The van der Waals surface area contributed by atoms with Gasteiger partial charge >= 0.3 is 0 Å². The Morgan fingerprint density at radius 1 is 1.21 bits per heavy atom. The number of rotatable bonds is 3. The first kappa shape index (κ1) is 13.7. The predicted molar refractivity (Wildman–Crippen MR) is 74.5 cm³/mol. The summed E-state index contributed by atoms with van der Waals surface area (Å²) in [6.07, 6.45) is 0. The molecule has 0 aliphatic carbocycles. The zero-order valence-corrected chi connectivity index (χ0v) is 11.2. The zero-order chi connectivity index (χ0) is 13.8. The van der Waals surface area contributed by atoms with E-state index in [0.29, 0.717) is 15.5 Å². The molecule has 2 aromatic carbocycles. The average molecular weight is 297 g/mol. The Morgan fingerprint density at radius 2 is 1.95 bits per heavy atom. The minimum Gasteiger partial charge on any atom is -0.409 e. The van der Waals surface area contributed by atoms with Crippen molar-refractivity contribution in [1.29, 1.82) is 0 Å². The van der Waals surface area contributed by atoms with Gasteiger partial charge in [0.25, 0.3) is 0 Å². The van der Waals surface area contributed by atoms with Crippen molar-refractivity contribution in [3.8, 4) is 0 Å². The summed E-state index contributed by atoms with van der Waals surface area (Å²) < 4.78 is 13.2. The van der Waals surface area contributed by atoms with Gasteiger partial charge in [-0.15, -0.1) is 0 Å². The SMILES string of the molecule is NC(=NO)c1cc(F)ccc1Sc1ccccc1Cl. The van der Waals surface area contributed by atoms with E-state index in [1.165, 1.54) is 23.9 Å². The van der Waals surface area contributed by atoms with Crippen LogP contribution in [-0.2, 0) is 0 Å². The smallest absolute Gasteiger partial charge is 0.171 e. The summed E-state index contributed by atoms with van der Waals surface area (Å²) >= 11 is 7.39. The summed E-state index contributed by atoms with van der Waals surface area (Å²) in [5.41, 5.74) is 5.87. The topological polar surface area (TPSA) is 58.6 Å². The lowest BCUT2D eigenvalue weighted by Crippen LogP contribution is -2.14. The Bertz CT molecular complexity index is 634. The molecule has 2 rings (SSSR count). The number of hydrogen-bond donors (Lipinski definition) is 2. The number of benzene rings is 2. The van der Waals surface area contributed by atoms with Crippen LogP contribution >= 0.6 is 23.4 Å². The third-order valence-corrected chi connectivity index (χ3v) is 3.98. The van der Waals surface area contributed by atoms with E-state index in [1.54, 1.807) is 12.1 Å². The van der Waals surface area contributed by atoms with Gasteiger partial charge in [0.2, 0.25) is 0 Å². The van der Waals surface area contributed by atoms with Crippen LogP contribution in [0.1, 0.15) is 5.56 Å². The second kappa shape index (κ2) is 5.95. The van der Waals surface area contributed by atoms with E-state index >= 15 is 0 Å². The van der Waals surface area contributed by atoms with Gasteiger partial charge in [0.05, 0.1) is 5.02 Å². The summed E-state index contributed by atoms with van der Waals surface area (Å²) in [6.45, 7) is 0. The highest BCUT2D eigenvalue weighted by atomic mass is 35.5. The van der Waals surface area contributed by atoms with E-state index in [9.17, 15) is 4.39 Å². The largest absolute Gasteiger partial charge is 0.409 e. The fourth-order valence-corrected chi connectivity index (χ4v) is 2.70. The van der Waals surface area contributed by atoms with Crippen LogP contribution in [0.25, 0.3) is 0 Å². The highest BCUT2D eigenvalue weighted by Gasteiger charge is 2.11. The number of hydrogen-bond acceptors (Lipinski definition) is 3. The Balaban J connectivity index is 2.43. The number of oxime groups is 1. The molecular formula is C13H10ClFN2OS. The van der Waals surface area contributed by atoms with Crippen molar-refractivity contribution >= 4 is 29.2 Å². The number of amidine groups is 1. The highest BCUT2D eigenvalue weighted by Crippen LogP contribution is 2.35. The molecule has 0 unspecified atom stereocenters. The Kier molecular flexibility index (Phi) is 4.29. The van der Waals surface area contributed by atoms with Crippen LogP contribution in [0.15, 0.2) is 57.4 Å². The van der Waals surface area contributed by atoms with Crippen molar-refractivity contribution < 1.29 is 9.60 Å². The summed E-state index contributed by atoms with van der Waals surface area (Å²) in [5.74, 6) is -0.598. The molecule has 98 valence electrons. The standard InChI is InChI=1S/C13H10ClFN2OS/c14-10-3-1-2-4-12(10)19-11-6-5-8(15)7-9(11)13(16)17-18/h1-7,18H,(H2,16,17). The quantitative estimate of drug-likeness (QED) is 0.393. The van der Waals surface area contributed by atoms with Crippen molar-refractivity contribution in [3.05, 3.63) is 58.9 Å². The molecule has 0 aromatic heterocycles. The molecule has 0 bridgehead atoms. The van der Waals surface area contributed by atoms with Crippen LogP contribution in [0.2, 0.25) is 5.02 Å². The minimum atomic E-state index is -0.454. The van der Waals surface area contributed by atoms with Crippen LogP contribution in [0, 0.1) is 5.82 Å². The first-order valence-corrected chi connectivity index (χ1v) is 6.51. The second-order valence-electron chi connectivity index (χ2n) is 3.66. The van der Waals surface area contributed by atoms with Gasteiger partial charge < -0.3 is 10.9 Å². The van der Waals surface area contributed by atoms with Gasteiger partial charge in [-0.1, -0.05) is 40.7 Å². The van der Waals surface area contributed by atoms with Crippen LogP contribution < -0.4 is 5.73 Å². The second-order valence-corrected chi connectivity index (χ2v) is 5.15. The van der Waals surface area contributed by atoms with E-state index in [4.69, 9.17) is 22.5 Å². The van der Waals surface area contributed by atoms with Gasteiger partial charge in [-0.3, -0.25) is 0 Å². The molecule has 19 heavy (non-hydrogen) atoms. The molecule has 0 radical (unpaired) electrons. The summed E-state index contributed by atoms with van der Waals surface area (Å²) in [7, 11) is 0. The number of halogens is 2. The van der Waals surface area contributed by atoms with E-state index in [-0.39, 0.29) is 5.84 Å². The maximum absolute atomic E-state index is 13.2. The van der Waals surface area contributed by atoms with E-state index in [0.717, 1.165) is 4.90 Å². The van der Waals surface area contributed by atoms with Gasteiger partial charge in [0.1, 0.15) is 5.82 Å². The van der Waals surface area contributed by atoms with Gasteiger partial charge in [-0.2, -0.15) is 0 Å². The van der Waals surface area contributed by atoms with Crippen molar-refractivity contribution in [2.45, 2.75) is 9.79 Å². The number of nitrogens with zero attached hydrogens (tertiary/aromatic N) is 1. The Labute approximate surface area is 118 Å². The molecule has 0 amide bonds. The van der Waals surface area contributed by atoms with Crippen LogP contribution in [0.3, 0.4) is 0 Å². The van der Waals surface area contributed by atoms with Gasteiger partial charge in [-0.05, 0) is 30.3 Å². The van der Waals surface area contributed by atoms with Crippen molar-refractivity contribution in [1.82, 2.24) is 0 Å². The summed E-state index contributed by atoms with van der Waals surface area (Å²) in [4.78, 5) is 1.47. The van der Waals surface area contributed by atoms with Gasteiger partial charge in [0, 0.05) is 15.4 Å². The molecule has 0 fully saturated rings. The fraction of sp³-hybridized carbons (Fsp3) is 0. The molecule has 0 aliphatic heterocycles. The lowest BCUT2D eigenvalue weighted by Gasteiger charge is -2.09. The van der Waals surface area contributed by atoms with Crippen LogP contribution in [0.4, 0.5) is 4.39 Å². The summed E-state index contributed by atoms with van der Waals surface area (Å²) in [5, 5.41) is 12.2. The maximum Gasteiger partial charge on any atom is 0.171 e. The molecule has 0 heterocycles. The average Bonchev–Trinajstić information content (AvgIpc) is 2.42. The lowest BCUT2D eigenvalue weighted by molar-refractivity contribution is 0.318. The fourth-order valence-electron chi connectivity index (χ4n) is 1.49. The lowest BCUT2D eigenvalue weighted by atomic mass is 10.2. The van der Waals surface area contributed by atoms with Crippen molar-refractivity contribution in [3.63, 3.8) is 0 Å². The van der Waals surface area contributed by atoms with Gasteiger partial charge in [0.15, 0.2) is 5.84 Å². The molecule has 0 saturated heterocycles. The first-order chi connectivity index (χ1) is 9.11. The van der Waals surface area contributed by atoms with Crippen molar-refractivity contribution in [2.75, 3.05) is 0 Å². The van der Waals surface area contributed by atoms with E-state index in [1.807, 2.05) is 18.2 Å². The maximum atomic E-state index is 13.2. The minimum absolute atomic E-state index is 0.144. The van der Waals surface area contributed by atoms with Gasteiger partial charge in [-0.25, -0.2) is 4.39 Å². The molecule has 3 nitrogen and oxygen atoms in total. The third kappa shape index (κ3) is 3.19. The zero-order valence-electron chi connectivity index (χ0n) is 9.68. The molecule has 2 aromatic rings. The highest BCUT2D eigenvalue weighted by molar-refractivity contribution is 7.99. The van der Waals surface area contributed by atoms with E-state index < -0.39 is 5.82 Å². The third-order valence-electron chi connectivity index (χ3n) is 2.38. The molecule has 0 atom stereocenters. The van der Waals surface area contributed by atoms with Crippen LogP contribution in [0.5, 0.6) is 0 Å². The Morgan fingerprint density at radius 3 is 2.63 bits per heavy atom. The molecule has 6 heteroatoms. The molecule has 0 aliphatic rings. The molecule has 0 spiro atoms. The first-order valence-electron chi connectivity index (χ1n) is 5.31. The van der Waals surface area contributed by atoms with Crippen molar-refractivity contribution in [2.24, 2.45) is 10.9 Å². The number of nitrogens with two attached hydrogens (primary N) is 1. The van der Waals surface area contributed by atoms with Crippen LogP contribution in [-0.4, -0.2) is 11.0 Å². The monoisotopic (exact) mass is 296 g/mol. The molecule has 3 N–H and O–H groups in total.